The van der Waals surface area contributed by atoms with Gasteiger partial charge >= 0.3 is 11.9 Å². The third kappa shape index (κ3) is 3.51. The van der Waals surface area contributed by atoms with Crippen molar-refractivity contribution in [1.82, 2.24) is 0 Å². The topological polar surface area (TPSA) is 69.7 Å². The molecule has 6 atom stereocenters. The Kier molecular flexibility index (Phi) is 6.05. The molecular weight excluding hydrogens is 440 g/mol. The molecule has 0 N–H and O–H groups in total. The van der Waals surface area contributed by atoms with Crippen LogP contribution in [0.1, 0.15) is 86.5 Å². The third-order valence-electron chi connectivity index (χ3n) is 11.1. The van der Waals surface area contributed by atoms with Crippen molar-refractivity contribution in [1.29, 1.82) is 0 Å². The maximum atomic E-state index is 12.8. The van der Waals surface area contributed by atoms with Gasteiger partial charge in [0.25, 0.3) is 0 Å². The molecule has 192 valence electrons. The van der Waals surface area contributed by atoms with E-state index in [4.69, 9.17) is 9.47 Å². The number of carbonyl (C=O) groups excluding carboxylic acids is 3. The highest BCUT2D eigenvalue weighted by Crippen LogP contribution is 2.75. The van der Waals surface area contributed by atoms with Crippen LogP contribution in [0.5, 0.6) is 0 Å². The number of methoxy groups -OCH3 is 2. The van der Waals surface area contributed by atoms with Gasteiger partial charge in [0.15, 0.2) is 5.78 Å². The summed E-state index contributed by atoms with van der Waals surface area (Å²) in [5, 5.41) is 0. The predicted molar refractivity (Wildman–Crippen MR) is 135 cm³/mol. The Balaban J connectivity index is 1.85. The molecule has 0 aromatic heterocycles. The molecule has 0 aromatic carbocycles. The first kappa shape index (κ1) is 25.9. The number of Topliss-reactive ketones (excluding diaryl/α,β-unsaturated/α-hetero) is 1. The van der Waals surface area contributed by atoms with Crippen molar-refractivity contribution in [2.45, 2.75) is 86.5 Å². The molecule has 0 radical (unpaired) electrons. The van der Waals surface area contributed by atoms with E-state index in [0.29, 0.717) is 11.5 Å². The molecule has 3 saturated carbocycles. The molecule has 0 aromatic rings. The molecule has 0 heterocycles. The van der Waals surface area contributed by atoms with Crippen LogP contribution >= 0.6 is 0 Å². The maximum absolute atomic E-state index is 12.8. The van der Waals surface area contributed by atoms with Gasteiger partial charge in [-0.05, 0) is 86.5 Å². The highest BCUT2D eigenvalue weighted by molar-refractivity contribution is 6.01. The zero-order chi connectivity index (χ0) is 26.0. The van der Waals surface area contributed by atoms with Gasteiger partial charge in [0.05, 0.1) is 19.6 Å². The fraction of sp³-hybridized carbons (Fsp3) is 0.700. The summed E-state index contributed by atoms with van der Waals surface area (Å²) in [7, 11) is 2.88. The molecule has 5 heteroatoms. The van der Waals surface area contributed by atoms with Crippen molar-refractivity contribution in [2.24, 2.45) is 33.0 Å². The zero-order valence-corrected chi connectivity index (χ0v) is 22.8. The van der Waals surface area contributed by atoms with Crippen molar-refractivity contribution < 1.29 is 23.9 Å². The van der Waals surface area contributed by atoms with Crippen molar-refractivity contribution in [3.05, 3.63) is 34.9 Å². The summed E-state index contributed by atoms with van der Waals surface area (Å²) < 4.78 is 10.2. The van der Waals surface area contributed by atoms with E-state index in [1.54, 1.807) is 6.92 Å². The number of hydrogen-bond acceptors (Lipinski definition) is 5. The molecule has 5 nitrogen and oxygen atoms in total. The Bertz CT molecular complexity index is 1060. The van der Waals surface area contributed by atoms with Gasteiger partial charge in [-0.1, -0.05) is 45.4 Å². The van der Waals surface area contributed by atoms with E-state index in [-0.39, 0.29) is 28.0 Å². The SMILES string of the molecule is COC(=O)/C=C1\C(C(C)=O)=CC=C2[C@]3(C)CC[C@@]4(C)CC[C@@](C)(C(=O)OC)C[C@H]4[C@@]3(C)CC[C@]21C. The lowest BCUT2D eigenvalue weighted by molar-refractivity contribution is -0.180. The Morgan fingerprint density at radius 3 is 2.14 bits per heavy atom. The second-order valence-electron chi connectivity index (χ2n) is 12.8. The van der Waals surface area contributed by atoms with Crippen molar-refractivity contribution in [3.8, 4) is 0 Å². The highest BCUT2D eigenvalue weighted by Gasteiger charge is 2.67. The van der Waals surface area contributed by atoms with Gasteiger partial charge in [-0.25, -0.2) is 4.79 Å². The molecule has 0 spiro atoms. The molecule has 4 aliphatic carbocycles. The van der Waals surface area contributed by atoms with Gasteiger partial charge in [0.1, 0.15) is 0 Å². The summed E-state index contributed by atoms with van der Waals surface area (Å²) in [5.41, 5.74) is 1.89. The summed E-state index contributed by atoms with van der Waals surface area (Å²) in [6, 6.07) is 0. The molecule has 3 fully saturated rings. The van der Waals surface area contributed by atoms with Crippen LogP contribution in [0, 0.1) is 33.0 Å². The number of carbonyl (C=O) groups is 3. The van der Waals surface area contributed by atoms with Crippen LogP contribution in [0.4, 0.5) is 0 Å². The van der Waals surface area contributed by atoms with E-state index >= 15 is 0 Å². The molecule has 35 heavy (non-hydrogen) atoms. The number of esters is 2. The second-order valence-corrected chi connectivity index (χ2v) is 12.8. The van der Waals surface area contributed by atoms with E-state index in [2.05, 4.69) is 40.7 Å². The summed E-state index contributed by atoms with van der Waals surface area (Å²) in [6.07, 6.45) is 12.4. The molecule has 0 unspecified atom stereocenters. The fourth-order valence-corrected chi connectivity index (χ4v) is 8.53. The molecule has 0 saturated heterocycles. The lowest BCUT2D eigenvalue weighted by Crippen LogP contribution is -2.62. The number of allylic oxidation sites excluding steroid dienone is 5. The number of hydrogen-bond donors (Lipinski definition) is 0. The first-order valence-corrected chi connectivity index (χ1v) is 13.0. The number of rotatable bonds is 3. The van der Waals surface area contributed by atoms with E-state index < -0.39 is 16.8 Å². The standard InChI is InChI=1S/C30H42O5/c1-19(31)20-9-10-22-28(4,21(20)17-24(32)34-7)14-16-30(6)23-18-27(3,25(33)35-8)12-11-26(23,2)13-15-29(22,30)5/h9-10,17,23H,11-16,18H2,1-8H3/b21-17+/t23-,26-,27-,28+,29+,30-/m1/s1. The van der Waals surface area contributed by atoms with Crippen LogP contribution in [0.25, 0.3) is 0 Å². The van der Waals surface area contributed by atoms with Crippen molar-refractivity contribution in [2.75, 3.05) is 14.2 Å². The van der Waals surface area contributed by atoms with Crippen molar-refractivity contribution >= 4 is 17.7 Å². The lowest BCUT2D eigenvalue weighted by Gasteiger charge is -2.69. The molecule has 0 aliphatic heterocycles. The normalized spacial score (nSPS) is 43.7. The molecular formula is C30H42O5. The average Bonchev–Trinajstić information content (AvgIpc) is 2.81. The van der Waals surface area contributed by atoms with Crippen LogP contribution in [-0.2, 0) is 23.9 Å². The van der Waals surface area contributed by atoms with E-state index in [0.717, 1.165) is 50.5 Å². The highest BCUT2D eigenvalue weighted by atomic mass is 16.5. The summed E-state index contributed by atoms with van der Waals surface area (Å²) in [6.45, 7) is 13.1. The lowest BCUT2D eigenvalue weighted by atomic mass is 9.34. The molecule has 0 amide bonds. The monoisotopic (exact) mass is 482 g/mol. The molecule has 4 aliphatic rings. The van der Waals surface area contributed by atoms with Gasteiger partial charge in [-0.2, -0.15) is 0 Å². The van der Waals surface area contributed by atoms with Crippen LogP contribution in [-0.4, -0.2) is 31.9 Å². The minimum absolute atomic E-state index is 0.0149. The quantitative estimate of drug-likeness (QED) is 0.357. The van der Waals surface area contributed by atoms with Crippen LogP contribution in [0.15, 0.2) is 34.9 Å². The summed E-state index contributed by atoms with van der Waals surface area (Å²) >= 11 is 0. The summed E-state index contributed by atoms with van der Waals surface area (Å²) in [5.74, 6) is -0.175. The fourth-order valence-electron chi connectivity index (χ4n) is 8.53. The first-order chi connectivity index (χ1) is 16.2. The van der Waals surface area contributed by atoms with Gasteiger partial charge in [0, 0.05) is 17.1 Å². The largest absolute Gasteiger partial charge is 0.469 e. The Morgan fingerprint density at radius 1 is 0.886 bits per heavy atom. The second kappa shape index (κ2) is 8.18. The minimum atomic E-state index is -0.459. The number of fused-ring (bicyclic) bond motifs is 5. The van der Waals surface area contributed by atoms with E-state index in [1.807, 2.05) is 6.08 Å². The van der Waals surface area contributed by atoms with Gasteiger partial charge in [0.2, 0.25) is 0 Å². The smallest absolute Gasteiger partial charge is 0.330 e. The van der Waals surface area contributed by atoms with Gasteiger partial charge < -0.3 is 9.47 Å². The van der Waals surface area contributed by atoms with Crippen LogP contribution < -0.4 is 0 Å². The average molecular weight is 483 g/mol. The first-order valence-electron chi connectivity index (χ1n) is 13.0. The van der Waals surface area contributed by atoms with Crippen LogP contribution in [0.3, 0.4) is 0 Å². The Labute approximate surface area is 210 Å². The summed E-state index contributed by atoms with van der Waals surface area (Å²) in [4.78, 5) is 37.8. The third-order valence-corrected chi connectivity index (χ3v) is 11.1. The number of ketones is 1. The molecule has 4 rings (SSSR count). The minimum Gasteiger partial charge on any atom is -0.469 e. The zero-order valence-electron chi connectivity index (χ0n) is 22.8. The van der Waals surface area contributed by atoms with Crippen molar-refractivity contribution in [3.63, 3.8) is 0 Å². The maximum Gasteiger partial charge on any atom is 0.330 e. The van der Waals surface area contributed by atoms with Gasteiger partial charge in [-0.15, -0.1) is 0 Å². The predicted octanol–water partition coefficient (Wildman–Crippen LogP) is 6.13. The van der Waals surface area contributed by atoms with Crippen LogP contribution in [0.2, 0.25) is 0 Å². The Hall–Kier alpha value is -2.17. The molecule has 0 bridgehead atoms. The van der Waals surface area contributed by atoms with E-state index in [9.17, 15) is 14.4 Å². The number of ether oxygens (including phenoxy) is 2. The Morgan fingerprint density at radius 2 is 1.54 bits per heavy atom. The van der Waals surface area contributed by atoms with Gasteiger partial charge in [-0.3, -0.25) is 9.59 Å². The van der Waals surface area contributed by atoms with E-state index in [1.165, 1.54) is 25.9 Å².